The number of thioether (sulfide) groups is 1. The van der Waals surface area contributed by atoms with Gasteiger partial charge >= 0.3 is 0 Å². The predicted octanol–water partition coefficient (Wildman–Crippen LogP) is 1.96. The first-order valence-corrected chi connectivity index (χ1v) is 9.38. The predicted molar refractivity (Wildman–Crippen MR) is 81.9 cm³/mol. The first-order valence-electron chi connectivity index (χ1n) is 5.48. The maximum absolute atomic E-state index is 11.9. The summed E-state index contributed by atoms with van der Waals surface area (Å²) in [5.41, 5.74) is 7.26. The summed E-state index contributed by atoms with van der Waals surface area (Å²) in [6, 6.07) is 5.46. The molecule has 1 aliphatic heterocycles. The summed E-state index contributed by atoms with van der Waals surface area (Å²) in [6.45, 7) is 0.727. The highest BCUT2D eigenvalue weighted by Crippen LogP contribution is 2.33. The lowest BCUT2D eigenvalue weighted by atomic mass is 10.2. The topological polar surface area (TPSA) is 63.4 Å². The summed E-state index contributed by atoms with van der Waals surface area (Å²) < 4.78 is 24.5. The largest absolute Gasteiger partial charge is 0.399 e. The highest BCUT2D eigenvalue weighted by Gasteiger charge is 2.31. The Hall–Kier alpha value is -0.400. The highest BCUT2D eigenvalue weighted by atomic mass is 79.9. The van der Waals surface area contributed by atoms with Crippen LogP contribution in [0.2, 0.25) is 0 Å². The molecule has 18 heavy (non-hydrogen) atoms. The van der Waals surface area contributed by atoms with Gasteiger partial charge in [-0.3, -0.25) is 0 Å². The van der Waals surface area contributed by atoms with Crippen molar-refractivity contribution in [3.63, 3.8) is 0 Å². The molecule has 0 saturated carbocycles. The third-order valence-corrected chi connectivity index (χ3v) is 6.14. The first-order chi connectivity index (χ1) is 8.39. The molecule has 2 rings (SSSR count). The number of halogens is 1. The molecule has 0 spiro atoms. The smallest absolute Gasteiger partial charge is 0.169 e. The molecule has 0 aromatic heterocycles. The van der Waals surface area contributed by atoms with Crippen LogP contribution in [-0.4, -0.2) is 38.1 Å². The zero-order valence-corrected chi connectivity index (χ0v) is 13.2. The van der Waals surface area contributed by atoms with Crippen molar-refractivity contribution in [1.82, 2.24) is 0 Å². The van der Waals surface area contributed by atoms with E-state index in [9.17, 15) is 8.42 Å². The first kappa shape index (κ1) is 14.0. The fourth-order valence-electron chi connectivity index (χ4n) is 1.97. The minimum Gasteiger partial charge on any atom is -0.399 e. The van der Waals surface area contributed by atoms with E-state index in [-0.39, 0.29) is 0 Å². The van der Waals surface area contributed by atoms with E-state index in [4.69, 9.17) is 5.73 Å². The minimum atomic E-state index is -3.10. The molecule has 4 nitrogen and oxygen atoms in total. The molecule has 7 heteroatoms. The second-order valence-electron chi connectivity index (χ2n) is 4.26. The molecule has 100 valence electrons. The van der Waals surface area contributed by atoms with E-state index in [1.807, 2.05) is 11.0 Å². The number of rotatable bonds is 2. The van der Waals surface area contributed by atoms with E-state index in [1.54, 1.807) is 23.9 Å². The van der Waals surface area contributed by atoms with E-state index >= 15 is 0 Å². The maximum atomic E-state index is 11.9. The van der Waals surface area contributed by atoms with E-state index in [2.05, 4.69) is 15.9 Å². The summed E-state index contributed by atoms with van der Waals surface area (Å²) in [6.07, 6.45) is 1.29. The van der Waals surface area contributed by atoms with Crippen LogP contribution in [0.4, 0.5) is 11.4 Å². The Balaban J connectivity index is 2.40. The molecule has 0 bridgehead atoms. The van der Waals surface area contributed by atoms with Gasteiger partial charge in [-0.05, 0) is 34.1 Å². The van der Waals surface area contributed by atoms with Gasteiger partial charge in [0.15, 0.2) is 9.84 Å². The van der Waals surface area contributed by atoms with Crippen molar-refractivity contribution in [2.45, 2.75) is 5.37 Å². The van der Waals surface area contributed by atoms with Crippen molar-refractivity contribution in [2.24, 2.45) is 0 Å². The number of nitrogens with two attached hydrogens (primary N) is 1. The van der Waals surface area contributed by atoms with Gasteiger partial charge in [-0.1, -0.05) is 0 Å². The molecule has 1 unspecified atom stereocenters. The van der Waals surface area contributed by atoms with Gasteiger partial charge in [0.05, 0.1) is 5.69 Å². The van der Waals surface area contributed by atoms with Crippen molar-refractivity contribution in [3.05, 3.63) is 22.7 Å². The molecule has 0 amide bonds. The van der Waals surface area contributed by atoms with Crippen LogP contribution in [0.15, 0.2) is 22.7 Å². The van der Waals surface area contributed by atoms with Crippen LogP contribution in [0.1, 0.15) is 0 Å². The number of benzene rings is 1. The zero-order chi connectivity index (χ0) is 13.3. The molecule has 1 heterocycles. The fourth-order valence-corrected chi connectivity index (χ4v) is 5.42. The summed E-state index contributed by atoms with van der Waals surface area (Å²) >= 11 is 5.13. The van der Waals surface area contributed by atoms with Crippen LogP contribution in [0.25, 0.3) is 0 Å². The molecule has 2 N–H and O–H groups in total. The van der Waals surface area contributed by atoms with Crippen molar-refractivity contribution >= 4 is 48.9 Å². The lowest BCUT2D eigenvalue weighted by Crippen LogP contribution is -2.47. The summed E-state index contributed by atoms with van der Waals surface area (Å²) in [5.74, 6) is 1.54. The van der Waals surface area contributed by atoms with Crippen molar-refractivity contribution in [1.29, 1.82) is 0 Å². The lowest BCUT2D eigenvalue weighted by Gasteiger charge is -2.36. The fraction of sp³-hybridized carbons (Fsp3) is 0.455. The standard InChI is InChI=1S/C11H15BrN2O2S2/c1-18(15,16)11-7-17-5-4-14(11)10-3-2-8(13)6-9(10)12/h2-3,6,11H,4-5,7,13H2,1H3. The number of anilines is 2. The van der Waals surface area contributed by atoms with Crippen LogP contribution in [0, 0.1) is 0 Å². The van der Waals surface area contributed by atoms with E-state index < -0.39 is 15.2 Å². The highest BCUT2D eigenvalue weighted by molar-refractivity contribution is 9.10. The minimum absolute atomic E-state index is 0.462. The number of nitrogen functional groups attached to an aromatic ring is 1. The Labute approximate surface area is 120 Å². The molecule has 1 atom stereocenters. The van der Waals surface area contributed by atoms with Gasteiger partial charge in [-0.15, -0.1) is 0 Å². The second kappa shape index (κ2) is 5.30. The Morgan fingerprint density at radius 1 is 1.50 bits per heavy atom. The van der Waals surface area contributed by atoms with Crippen LogP contribution >= 0.6 is 27.7 Å². The van der Waals surface area contributed by atoms with Crippen molar-refractivity contribution in [3.8, 4) is 0 Å². The molecule has 1 fully saturated rings. The van der Waals surface area contributed by atoms with Gasteiger partial charge in [0.1, 0.15) is 5.37 Å². The van der Waals surface area contributed by atoms with Gasteiger partial charge in [0.2, 0.25) is 0 Å². The third-order valence-electron chi connectivity index (χ3n) is 2.86. The van der Waals surface area contributed by atoms with E-state index in [0.717, 1.165) is 22.5 Å². The SMILES string of the molecule is CS(=O)(=O)C1CSCCN1c1ccc(N)cc1Br. The average Bonchev–Trinajstić information content (AvgIpc) is 2.28. The molecular formula is C11H15BrN2O2S2. The Bertz CT molecular complexity index is 548. The van der Waals surface area contributed by atoms with E-state index in [0.29, 0.717) is 11.4 Å². The summed E-state index contributed by atoms with van der Waals surface area (Å²) in [5, 5.41) is -0.462. The average molecular weight is 351 g/mol. The Kier molecular flexibility index (Phi) is 4.13. The molecule has 1 saturated heterocycles. The van der Waals surface area contributed by atoms with Crippen LogP contribution in [0.5, 0.6) is 0 Å². The monoisotopic (exact) mass is 350 g/mol. The Morgan fingerprint density at radius 3 is 2.83 bits per heavy atom. The molecule has 1 aliphatic rings. The van der Waals surface area contributed by atoms with Gasteiger partial charge in [-0.2, -0.15) is 11.8 Å². The normalized spacial score (nSPS) is 21.0. The van der Waals surface area contributed by atoms with Crippen molar-refractivity contribution in [2.75, 3.05) is 34.9 Å². The van der Waals surface area contributed by atoms with Gasteiger partial charge in [-0.25, -0.2) is 8.42 Å². The maximum Gasteiger partial charge on any atom is 0.169 e. The number of nitrogens with zero attached hydrogens (tertiary/aromatic N) is 1. The summed E-state index contributed by atoms with van der Waals surface area (Å²) in [7, 11) is -3.10. The quantitative estimate of drug-likeness (QED) is 0.826. The van der Waals surface area contributed by atoms with Crippen LogP contribution < -0.4 is 10.6 Å². The zero-order valence-electron chi connectivity index (χ0n) is 9.97. The van der Waals surface area contributed by atoms with Gasteiger partial charge in [0.25, 0.3) is 0 Å². The van der Waals surface area contributed by atoms with E-state index in [1.165, 1.54) is 6.26 Å². The van der Waals surface area contributed by atoms with Crippen LogP contribution in [-0.2, 0) is 9.84 Å². The molecular weight excluding hydrogens is 336 g/mol. The van der Waals surface area contributed by atoms with Crippen molar-refractivity contribution < 1.29 is 8.42 Å². The number of sulfone groups is 1. The molecule has 0 aliphatic carbocycles. The van der Waals surface area contributed by atoms with Crippen LogP contribution in [0.3, 0.4) is 0 Å². The molecule has 0 radical (unpaired) electrons. The number of hydrogen-bond donors (Lipinski definition) is 1. The lowest BCUT2D eigenvalue weighted by molar-refractivity contribution is 0.584. The third kappa shape index (κ3) is 2.95. The summed E-state index contributed by atoms with van der Waals surface area (Å²) in [4.78, 5) is 1.94. The Morgan fingerprint density at radius 2 is 2.22 bits per heavy atom. The molecule has 1 aromatic carbocycles. The molecule has 1 aromatic rings. The van der Waals surface area contributed by atoms with Gasteiger partial charge < -0.3 is 10.6 Å². The second-order valence-corrected chi connectivity index (χ2v) is 8.47. The number of hydrogen-bond acceptors (Lipinski definition) is 5. The van der Waals surface area contributed by atoms with Gasteiger partial charge in [0, 0.05) is 34.5 Å².